The van der Waals surface area contributed by atoms with Crippen molar-refractivity contribution in [1.29, 1.82) is 0 Å². The van der Waals surface area contributed by atoms with Crippen LogP contribution in [-0.2, 0) is 46.5 Å². The van der Waals surface area contributed by atoms with Gasteiger partial charge in [-0.1, -0.05) is 25.0 Å². The predicted octanol–water partition coefficient (Wildman–Crippen LogP) is 6.52. The first kappa shape index (κ1) is 42.7. The molecule has 322 valence electrons. The van der Waals surface area contributed by atoms with E-state index in [4.69, 9.17) is 9.47 Å². The van der Waals surface area contributed by atoms with Gasteiger partial charge in [-0.05, 0) is 82.4 Å². The highest BCUT2D eigenvalue weighted by molar-refractivity contribution is 7.91. The topological polar surface area (TPSA) is 158 Å². The number of hydrogen-bond donors (Lipinski definition) is 1. The van der Waals surface area contributed by atoms with E-state index in [2.05, 4.69) is 14.4 Å². The van der Waals surface area contributed by atoms with E-state index in [0.717, 1.165) is 4.90 Å². The van der Waals surface area contributed by atoms with Gasteiger partial charge in [-0.2, -0.15) is 26.3 Å². The Balaban J connectivity index is 1.26. The van der Waals surface area contributed by atoms with E-state index >= 15 is 0 Å². The number of alkyl halides is 6. The number of methoxy groups -OCH3 is 1. The van der Waals surface area contributed by atoms with E-state index in [1.165, 1.54) is 32.2 Å². The molecule has 0 bridgehead atoms. The second kappa shape index (κ2) is 15.2. The van der Waals surface area contributed by atoms with Crippen LogP contribution in [0.3, 0.4) is 0 Å². The summed E-state index contributed by atoms with van der Waals surface area (Å²) >= 11 is 0. The summed E-state index contributed by atoms with van der Waals surface area (Å²) in [5.74, 6) is -5.69. The number of esters is 1. The smallest absolute Gasteiger partial charge is 0.437 e. The molecular formula is C40H45F6N3O9S. The summed E-state index contributed by atoms with van der Waals surface area (Å²) in [4.78, 5) is 61.0. The average Bonchev–Trinajstić information content (AvgIpc) is 4.06. The maximum absolute atomic E-state index is 14.7. The molecule has 2 aliphatic carbocycles. The molecule has 3 fully saturated rings. The molecule has 1 aromatic carbocycles. The van der Waals surface area contributed by atoms with Gasteiger partial charge in [0.1, 0.15) is 11.4 Å². The van der Waals surface area contributed by atoms with Gasteiger partial charge in [0.25, 0.3) is 0 Å². The molecule has 1 aromatic heterocycles. The van der Waals surface area contributed by atoms with E-state index in [1.54, 1.807) is 6.08 Å². The zero-order chi connectivity index (χ0) is 42.8. The van der Waals surface area contributed by atoms with Crippen molar-refractivity contribution >= 4 is 44.5 Å². The quantitative estimate of drug-likeness (QED) is 0.185. The Hall–Kier alpha value is -4.42. The number of aromatic nitrogens is 1. The molecule has 0 radical (unpaired) electrons. The minimum atomic E-state index is -4.99. The number of Topliss-reactive ketones (excluding diaryl/α,β-unsaturated/α-hetero) is 1. The lowest BCUT2D eigenvalue weighted by atomic mass is 9.85. The van der Waals surface area contributed by atoms with Gasteiger partial charge in [-0.15, -0.1) is 0 Å². The van der Waals surface area contributed by atoms with Gasteiger partial charge in [0.15, 0.2) is 23.8 Å². The molecule has 19 heteroatoms. The fraction of sp³-hybridized carbons (Fsp3) is 0.625. The number of rotatable bonds is 7. The van der Waals surface area contributed by atoms with Crippen LogP contribution < -0.4 is 14.2 Å². The second-order valence-corrected chi connectivity index (χ2v) is 19.1. The molecule has 2 aromatic rings. The third kappa shape index (κ3) is 8.62. The lowest BCUT2D eigenvalue weighted by Crippen LogP contribution is -2.48. The Morgan fingerprint density at radius 1 is 1.05 bits per heavy atom. The number of sulfonamides is 1. The molecule has 5 aliphatic rings. The van der Waals surface area contributed by atoms with Crippen molar-refractivity contribution in [1.82, 2.24) is 14.6 Å². The summed E-state index contributed by atoms with van der Waals surface area (Å²) in [5, 5.41) is 0.343. The number of allylic oxidation sites excluding steroid dienone is 2. The number of nitrogens with one attached hydrogen (secondary N) is 1. The summed E-state index contributed by atoms with van der Waals surface area (Å²) in [6.45, 7) is -0.806. The number of amides is 2. The van der Waals surface area contributed by atoms with Gasteiger partial charge in [0.05, 0.1) is 41.8 Å². The Morgan fingerprint density at radius 2 is 1.80 bits per heavy atom. The van der Waals surface area contributed by atoms with Crippen LogP contribution in [0.25, 0.3) is 10.9 Å². The van der Waals surface area contributed by atoms with E-state index < -0.39 is 117 Å². The third-order valence-corrected chi connectivity index (χ3v) is 14.7. The van der Waals surface area contributed by atoms with Crippen molar-refractivity contribution in [2.45, 2.75) is 119 Å². The zero-order valence-corrected chi connectivity index (χ0v) is 33.3. The number of aryl methyl sites for hydroxylation is 1. The van der Waals surface area contributed by atoms with E-state index in [0.29, 0.717) is 49.7 Å². The SMILES string of the molecule is COc1ccc2nc(C(F)(F)F)c3c(c2c1)CC[C@]1(C[C@H]2C(=O)C[C@]4(C(=O)NS(=O)(=O)C5(C)CC5)C[C@H]4/C=C\CCCCC[C@H](CC(=O)OCC(F)(F)F)C(=O)N2C1)O3. The first-order valence-corrected chi connectivity index (χ1v) is 21.1. The molecule has 1 spiro atoms. The van der Waals surface area contributed by atoms with Gasteiger partial charge < -0.3 is 19.1 Å². The fourth-order valence-corrected chi connectivity index (χ4v) is 10.1. The predicted molar refractivity (Wildman–Crippen MR) is 197 cm³/mol. The molecule has 2 amide bonds. The largest absolute Gasteiger partial charge is 0.497 e. The van der Waals surface area contributed by atoms with Crippen molar-refractivity contribution in [3.8, 4) is 11.5 Å². The molecular weight excluding hydrogens is 813 g/mol. The lowest BCUT2D eigenvalue weighted by molar-refractivity contribution is -0.187. The number of nitrogens with zero attached hydrogens (tertiary/aromatic N) is 2. The Bertz CT molecular complexity index is 2190. The van der Waals surface area contributed by atoms with Crippen molar-refractivity contribution < 1.29 is 68.1 Å². The third-order valence-electron chi connectivity index (χ3n) is 12.6. The van der Waals surface area contributed by atoms with Gasteiger partial charge in [0, 0.05) is 29.7 Å². The number of hydrogen-bond acceptors (Lipinski definition) is 10. The van der Waals surface area contributed by atoms with E-state index in [1.807, 2.05) is 6.08 Å². The van der Waals surface area contributed by atoms with Crippen LogP contribution >= 0.6 is 0 Å². The van der Waals surface area contributed by atoms with Gasteiger partial charge >= 0.3 is 18.3 Å². The highest BCUT2D eigenvalue weighted by Gasteiger charge is 2.63. The highest BCUT2D eigenvalue weighted by atomic mass is 32.2. The lowest BCUT2D eigenvalue weighted by Gasteiger charge is -2.37. The monoisotopic (exact) mass is 857 g/mol. The molecule has 7 rings (SSSR count). The van der Waals surface area contributed by atoms with Crippen LogP contribution in [0.2, 0.25) is 0 Å². The average molecular weight is 858 g/mol. The number of ketones is 1. The van der Waals surface area contributed by atoms with Crippen LogP contribution in [0, 0.1) is 17.3 Å². The molecule has 3 aliphatic heterocycles. The summed E-state index contributed by atoms with van der Waals surface area (Å²) in [5.41, 5.74) is -4.21. The summed E-state index contributed by atoms with van der Waals surface area (Å²) in [6.07, 6.45) is -4.95. The molecule has 4 heterocycles. The van der Waals surface area contributed by atoms with Gasteiger partial charge in [-0.3, -0.25) is 23.9 Å². The van der Waals surface area contributed by atoms with Gasteiger partial charge in [0.2, 0.25) is 21.8 Å². The fourth-order valence-electron chi connectivity index (χ4n) is 8.72. The van der Waals surface area contributed by atoms with Crippen molar-refractivity contribution in [2.24, 2.45) is 17.3 Å². The van der Waals surface area contributed by atoms with Crippen LogP contribution in [0.15, 0.2) is 30.4 Å². The van der Waals surface area contributed by atoms with Crippen molar-refractivity contribution in [2.75, 3.05) is 20.3 Å². The maximum atomic E-state index is 14.7. The molecule has 1 N–H and O–H groups in total. The number of ether oxygens (including phenoxy) is 3. The van der Waals surface area contributed by atoms with Crippen molar-refractivity contribution in [3.63, 3.8) is 0 Å². The number of pyridine rings is 1. The minimum absolute atomic E-state index is 0.00339. The minimum Gasteiger partial charge on any atom is -0.497 e. The molecule has 2 saturated carbocycles. The number of carbonyl (C=O) groups is 4. The first-order valence-electron chi connectivity index (χ1n) is 19.7. The summed E-state index contributed by atoms with van der Waals surface area (Å²) in [6, 6.07) is 2.97. The van der Waals surface area contributed by atoms with E-state index in [9.17, 15) is 53.9 Å². The number of benzene rings is 1. The van der Waals surface area contributed by atoms with Crippen molar-refractivity contribution in [3.05, 3.63) is 41.6 Å². The zero-order valence-electron chi connectivity index (χ0n) is 32.5. The summed E-state index contributed by atoms with van der Waals surface area (Å²) < 4.78 is 126. The molecule has 1 saturated heterocycles. The molecule has 59 heavy (non-hydrogen) atoms. The van der Waals surface area contributed by atoms with E-state index in [-0.39, 0.29) is 43.2 Å². The Labute approximate surface area is 336 Å². The molecule has 5 atom stereocenters. The standard InChI is InChI=1S/C40H45F6N3O9S/c1-36(14-15-36)59(54,55)48-35(53)38-18-24(38)9-7-5-3-4-6-8-23(16-31(51)57-22-39(41,42)43)34(52)49-21-37(19-29(49)30(50)20-38)13-12-26-27-17-25(56-2)10-11-28(27)47-33(32(26)58-37)40(44,45)46/h7,9-11,17,23-24,29H,3-6,8,12-16,18-22H2,1-2H3,(H,48,53)/b9-7-/t23-,24-,29+,37-,38-/m1/s1. The van der Waals surface area contributed by atoms with Crippen LogP contribution in [0.4, 0.5) is 26.3 Å². The first-order chi connectivity index (χ1) is 27.6. The van der Waals surface area contributed by atoms with Gasteiger partial charge in [-0.25, -0.2) is 13.4 Å². The molecule has 0 unspecified atom stereocenters. The van der Waals surface area contributed by atoms with Crippen LogP contribution in [0.5, 0.6) is 11.5 Å². The Morgan fingerprint density at radius 3 is 2.47 bits per heavy atom. The highest BCUT2D eigenvalue weighted by Crippen LogP contribution is 2.58. The van der Waals surface area contributed by atoms with Crippen LogP contribution in [-0.4, -0.2) is 84.7 Å². The number of carbonyl (C=O) groups excluding carboxylic acids is 4. The van der Waals surface area contributed by atoms with Crippen LogP contribution in [0.1, 0.15) is 95.2 Å². The number of halogens is 6. The normalized spacial score (nSPS) is 28.9. The maximum Gasteiger partial charge on any atom is 0.437 e. The Kier molecular flexibility index (Phi) is 11.0. The number of fused-ring (bicyclic) bond motifs is 5. The molecule has 12 nitrogen and oxygen atoms in total. The summed E-state index contributed by atoms with van der Waals surface area (Å²) in [7, 11) is -2.72. The second-order valence-electron chi connectivity index (χ2n) is 16.9.